The van der Waals surface area contributed by atoms with Gasteiger partial charge in [-0.1, -0.05) is 20.8 Å². The third kappa shape index (κ3) is 4.34. The molecule has 2 nitrogen and oxygen atoms in total. The Hall–Kier alpha value is -0.550. The number of hydrogen-bond donors (Lipinski definition) is 1. The van der Waals surface area contributed by atoms with Crippen LogP contribution in [0.25, 0.3) is 0 Å². The largest absolute Gasteiger partial charge is 0.311 e. The molecule has 1 N–H and O–H groups in total. The minimum absolute atomic E-state index is 0.380. The Balaban J connectivity index is 3.52. The Morgan fingerprint density at radius 3 is 2.40 bits per heavy atom. The number of nitrogens with one attached hydrogen (secondary N) is 1. The summed E-state index contributed by atoms with van der Waals surface area (Å²) in [6.45, 7) is 6.29. The van der Waals surface area contributed by atoms with Crippen molar-refractivity contribution in [2.45, 2.75) is 45.7 Å². The first-order valence-corrected chi connectivity index (χ1v) is 3.83. The highest BCUT2D eigenvalue weighted by molar-refractivity contribution is 4.80. The van der Waals surface area contributed by atoms with Crippen LogP contribution in [0.1, 0.15) is 33.6 Å². The van der Waals surface area contributed by atoms with Crippen LogP contribution in [0.5, 0.6) is 0 Å². The summed E-state index contributed by atoms with van der Waals surface area (Å²) in [5.74, 6) is 0. The predicted molar refractivity (Wildman–Crippen MR) is 42.6 cm³/mol. The van der Waals surface area contributed by atoms with Crippen LogP contribution >= 0.6 is 0 Å². The summed E-state index contributed by atoms with van der Waals surface area (Å²) in [7, 11) is 0. The summed E-state index contributed by atoms with van der Waals surface area (Å²) >= 11 is 0. The van der Waals surface area contributed by atoms with Crippen molar-refractivity contribution in [3.05, 3.63) is 0 Å². The van der Waals surface area contributed by atoms with E-state index >= 15 is 0 Å². The van der Waals surface area contributed by atoms with E-state index in [1.807, 2.05) is 0 Å². The van der Waals surface area contributed by atoms with E-state index in [0.717, 1.165) is 6.42 Å². The summed E-state index contributed by atoms with van der Waals surface area (Å²) in [5, 5.41) is 11.7. The highest BCUT2D eigenvalue weighted by Crippen LogP contribution is 1.96. The van der Waals surface area contributed by atoms with Crippen molar-refractivity contribution < 1.29 is 0 Å². The predicted octanol–water partition coefficient (Wildman–Crippen LogP) is 1.68. The van der Waals surface area contributed by atoms with E-state index < -0.39 is 0 Å². The van der Waals surface area contributed by atoms with Crippen molar-refractivity contribution in [1.82, 2.24) is 5.32 Å². The van der Waals surface area contributed by atoms with Gasteiger partial charge in [0.05, 0.1) is 12.5 Å². The maximum atomic E-state index is 8.39. The third-order valence-electron chi connectivity index (χ3n) is 1.40. The van der Waals surface area contributed by atoms with Gasteiger partial charge in [-0.05, 0) is 6.42 Å². The van der Waals surface area contributed by atoms with Crippen molar-refractivity contribution in [3.63, 3.8) is 0 Å². The molecular formula is C8H16N2. The lowest BCUT2D eigenvalue weighted by atomic mass is 10.1. The van der Waals surface area contributed by atoms with Crippen LogP contribution < -0.4 is 5.32 Å². The molecule has 0 saturated heterocycles. The van der Waals surface area contributed by atoms with Crippen LogP contribution in [0.3, 0.4) is 0 Å². The molecule has 2 heteroatoms. The van der Waals surface area contributed by atoms with Crippen LogP contribution in [0.4, 0.5) is 0 Å². The standard InChI is InChI=1S/C8H16N2/c1-4-8(5-6-9)10-7(2)3/h7-8,10H,4-5H2,1-3H3/t8-/m1/s1. The zero-order chi connectivity index (χ0) is 7.98. The van der Waals surface area contributed by atoms with Crippen LogP contribution in [0.2, 0.25) is 0 Å². The van der Waals surface area contributed by atoms with E-state index in [-0.39, 0.29) is 0 Å². The van der Waals surface area contributed by atoms with Gasteiger partial charge in [0.1, 0.15) is 0 Å². The molecule has 0 radical (unpaired) electrons. The van der Waals surface area contributed by atoms with E-state index in [9.17, 15) is 0 Å². The molecule has 58 valence electrons. The average molecular weight is 140 g/mol. The number of hydrogen-bond acceptors (Lipinski definition) is 2. The molecule has 0 aromatic rings. The summed E-state index contributed by atoms with van der Waals surface area (Å²) in [6, 6.07) is 3.03. The number of rotatable bonds is 4. The van der Waals surface area contributed by atoms with Gasteiger partial charge in [-0.2, -0.15) is 5.26 Å². The molecule has 0 aliphatic rings. The minimum Gasteiger partial charge on any atom is -0.311 e. The lowest BCUT2D eigenvalue weighted by Gasteiger charge is -2.15. The first kappa shape index (κ1) is 9.45. The average Bonchev–Trinajstić information content (AvgIpc) is 1.86. The number of nitriles is 1. The second kappa shape index (κ2) is 5.25. The van der Waals surface area contributed by atoms with Gasteiger partial charge in [0, 0.05) is 12.1 Å². The summed E-state index contributed by atoms with van der Waals surface area (Å²) in [6.07, 6.45) is 1.65. The zero-order valence-electron chi connectivity index (χ0n) is 7.02. The molecule has 0 aromatic carbocycles. The molecule has 0 saturated carbocycles. The van der Waals surface area contributed by atoms with E-state index in [1.54, 1.807) is 0 Å². The smallest absolute Gasteiger partial charge is 0.0638 e. The van der Waals surface area contributed by atoms with E-state index in [4.69, 9.17) is 5.26 Å². The molecule has 1 atom stereocenters. The van der Waals surface area contributed by atoms with Crippen molar-refractivity contribution in [2.24, 2.45) is 0 Å². The Bertz CT molecular complexity index is 113. The van der Waals surface area contributed by atoms with E-state index in [1.165, 1.54) is 0 Å². The summed E-state index contributed by atoms with van der Waals surface area (Å²) in [4.78, 5) is 0. The van der Waals surface area contributed by atoms with Crippen molar-refractivity contribution in [2.75, 3.05) is 0 Å². The van der Waals surface area contributed by atoms with Crippen molar-refractivity contribution >= 4 is 0 Å². The molecule has 0 fully saturated rings. The Kier molecular flexibility index (Phi) is 4.96. The molecule has 0 unspecified atom stereocenters. The molecule has 10 heavy (non-hydrogen) atoms. The molecule has 0 aromatic heterocycles. The number of nitrogens with zero attached hydrogens (tertiary/aromatic N) is 1. The van der Waals surface area contributed by atoms with Crippen molar-refractivity contribution in [1.29, 1.82) is 5.26 Å². The first-order chi connectivity index (χ1) is 4.70. The summed E-state index contributed by atoms with van der Waals surface area (Å²) in [5.41, 5.74) is 0. The quantitative estimate of drug-likeness (QED) is 0.645. The molecule has 0 spiro atoms. The summed E-state index contributed by atoms with van der Waals surface area (Å²) < 4.78 is 0. The van der Waals surface area contributed by atoms with Crippen LogP contribution in [0, 0.1) is 11.3 Å². The highest BCUT2D eigenvalue weighted by Gasteiger charge is 2.04. The Morgan fingerprint density at radius 2 is 2.10 bits per heavy atom. The van der Waals surface area contributed by atoms with Gasteiger partial charge in [-0.15, -0.1) is 0 Å². The minimum atomic E-state index is 0.380. The topological polar surface area (TPSA) is 35.8 Å². The van der Waals surface area contributed by atoms with E-state index in [2.05, 4.69) is 32.2 Å². The monoisotopic (exact) mass is 140 g/mol. The van der Waals surface area contributed by atoms with E-state index in [0.29, 0.717) is 18.5 Å². The fourth-order valence-electron chi connectivity index (χ4n) is 0.903. The van der Waals surface area contributed by atoms with Gasteiger partial charge >= 0.3 is 0 Å². The van der Waals surface area contributed by atoms with Gasteiger partial charge in [-0.3, -0.25) is 0 Å². The Morgan fingerprint density at radius 1 is 1.50 bits per heavy atom. The van der Waals surface area contributed by atoms with Gasteiger partial charge in [0.25, 0.3) is 0 Å². The van der Waals surface area contributed by atoms with Crippen LogP contribution in [-0.2, 0) is 0 Å². The molecule has 0 bridgehead atoms. The maximum Gasteiger partial charge on any atom is 0.0638 e. The normalized spacial score (nSPS) is 13.1. The van der Waals surface area contributed by atoms with Crippen LogP contribution in [-0.4, -0.2) is 12.1 Å². The molecule has 0 aliphatic carbocycles. The fourth-order valence-corrected chi connectivity index (χ4v) is 0.903. The SMILES string of the molecule is CC[C@H](CC#N)NC(C)C. The van der Waals surface area contributed by atoms with Gasteiger partial charge < -0.3 is 5.32 Å². The maximum absolute atomic E-state index is 8.39. The van der Waals surface area contributed by atoms with Gasteiger partial charge in [0.2, 0.25) is 0 Å². The zero-order valence-corrected chi connectivity index (χ0v) is 7.02. The second-order valence-corrected chi connectivity index (χ2v) is 2.79. The van der Waals surface area contributed by atoms with Crippen molar-refractivity contribution in [3.8, 4) is 6.07 Å². The van der Waals surface area contributed by atoms with Crippen LogP contribution in [0.15, 0.2) is 0 Å². The third-order valence-corrected chi connectivity index (χ3v) is 1.40. The lowest BCUT2D eigenvalue weighted by molar-refractivity contribution is 0.457. The fraction of sp³-hybridized carbons (Fsp3) is 0.875. The first-order valence-electron chi connectivity index (χ1n) is 3.83. The molecule has 0 aliphatic heterocycles. The van der Waals surface area contributed by atoms with Gasteiger partial charge in [-0.25, -0.2) is 0 Å². The second-order valence-electron chi connectivity index (χ2n) is 2.79. The van der Waals surface area contributed by atoms with Gasteiger partial charge in [0.15, 0.2) is 0 Å². The Labute approximate surface area is 63.2 Å². The highest BCUT2D eigenvalue weighted by atomic mass is 14.9. The lowest BCUT2D eigenvalue weighted by Crippen LogP contribution is -2.33. The molecule has 0 amide bonds. The molecule has 0 heterocycles. The molecule has 0 rings (SSSR count). The molecular weight excluding hydrogens is 124 g/mol.